The average Bonchev–Trinajstić information content (AvgIpc) is 2.44. The molecule has 0 spiro atoms. The van der Waals surface area contributed by atoms with Crippen molar-refractivity contribution >= 4 is 17.6 Å². The van der Waals surface area contributed by atoms with E-state index in [9.17, 15) is 9.59 Å². The van der Waals surface area contributed by atoms with Crippen LogP contribution in [0, 0.1) is 6.92 Å². The minimum Gasteiger partial charge on any atom is -0.462 e. The fraction of sp³-hybridized carbons (Fsp3) is 0.250. The molecule has 0 amide bonds. The van der Waals surface area contributed by atoms with Gasteiger partial charge in [0.2, 0.25) is 0 Å². The Balaban J connectivity index is 2.60. The first kappa shape index (κ1) is 15.3. The molecule has 5 heteroatoms. The van der Waals surface area contributed by atoms with Crippen molar-refractivity contribution in [2.24, 2.45) is 7.05 Å². The number of halogens is 1. The Kier molecular flexibility index (Phi) is 4.48. The van der Waals surface area contributed by atoms with Crippen LogP contribution < -0.4 is 5.43 Å². The van der Waals surface area contributed by atoms with Crippen LogP contribution in [0.1, 0.15) is 23.0 Å². The van der Waals surface area contributed by atoms with Gasteiger partial charge in [-0.15, -0.1) is 0 Å². The monoisotopic (exact) mass is 305 g/mol. The number of aromatic nitrogens is 1. The van der Waals surface area contributed by atoms with Crippen LogP contribution in [0.5, 0.6) is 0 Å². The Bertz CT molecular complexity index is 732. The zero-order valence-corrected chi connectivity index (χ0v) is 12.9. The highest BCUT2D eigenvalue weighted by molar-refractivity contribution is 6.30. The second kappa shape index (κ2) is 6.14. The number of rotatable bonds is 3. The Hall–Kier alpha value is -2.07. The molecule has 0 atom stereocenters. The molecule has 1 heterocycles. The molecule has 0 N–H and O–H groups in total. The Morgan fingerprint density at radius 3 is 2.48 bits per heavy atom. The third-order valence-corrected chi connectivity index (χ3v) is 3.61. The maximum atomic E-state index is 12.2. The maximum absolute atomic E-state index is 12.2. The van der Waals surface area contributed by atoms with Crippen molar-refractivity contribution in [3.8, 4) is 11.3 Å². The summed E-state index contributed by atoms with van der Waals surface area (Å²) in [4.78, 5) is 24.1. The van der Waals surface area contributed by atoms with E-state index >= 15 is 0 Å². The highest BCUT2D eigenvalue weighted by Crippen LogP contribution is 2.22. The standard InChI is InChI=1S/C16H16ClNO3/c1-4-21-16(20)15-10(2)18(3)13(9-14(15)19)11-5-7-12(17)8-6-11/h5-9H,4H2,1-3H3. The van der Waals surface area contributed by atoms with Crippen molar-refractivity contribution in [3.05, 3.63) is 56.8 Å². The van der Waals surface area contributed by atoms with Gasteiger partial charge < -0.3 is 9.30 Å². The number of esters is 1. The van der Waals surface area contributed by atoms with Crippen molar-refractivity contribution in [2.75, 3.05) is 6.61 Å². The topological polar surface area (TPSA) is 48.3 Å². The summed E-state index contributed by atoms with van der Waals surface area (Å²) in [7, 11) is 1.81. The second-order valence-corrected chi connectivity index (χ2v) is 5.08. The van der Waals surface area contributed by atoms with Gasteiger partial charge in [-0.25, -0.2) is 4.79 Å². The summed E-state index contributed by atoms with van der Waals surface area (Å²) in [5.41, 5.74) is 1.90. The largest absolute Gasteiger partial charge is 0.462 e. The second-order valence-electron chi connectivity index (χ2n) is 4.64. The predicted octanol–water partition coefficient (Wildman–Crippen LogP) is 3.19. The van der Waals surface area contributed by atoms with Crippen LogP contribution in [-0.4, -0.2) is 17.1 Å². The van der Waals surface area contributed by atoms with E-state index in [1.54, 1.807) is 37.6 Å². The summed E-state index contributed by atoms with van der Waals surface area (Å²) in [5.74, 6) is -0.585. The number of pyridine rings is 1. The molecule has 0 saturated carbocycles. The van der Waals surface area contributed by atoms with E-state index in [1.165, 1.54) is 6.07 Å². The molecule has 0 aliphatic rings. The van der Waals surface area contributed by atoms with Crippen LogP contribution in [0.3, 0.4) is 0 Å². The summed E-state index contributed by atoms with van der Waals surface area (Å²) < 4.78 is 6.74. The zero-order chi connectivity index (χ0) is 15.6. The Morgan fingerprint density at radius 1 is 1.29 bits per heavy atom. The minimum atomic E-state index is -0.585. The first-order chi connectivity index (χ1) is 9.95. The normalized spacial score (nSPS) is 10.5. The summed E-state index contributed by atoms with van der Waals surface area (Å²) in [6.07, 6.45) is 0. The van der Waals surface area contributed by atoms with Gasteiger partial charge in [0.05, 0.1) is 12.3 Å². The molecular formula is C16H16ClNO3. The molecule has 4 nitrogen and oxygen atoms in total. The summed E-state index contributed by atoms with van der Waals surface area (Å²) in [6, 6.07) is 8.63. The van der Waals surface area contributed by atoms with Crippen LogP contribution >= 0.6 is 11.6 Å². The number of carbonyl (C=O) groups is 1. The van der Waals surface area contributed by atoms with Crippen LogP contribution in [0.2, 0.25) is 5.02 Å². The van der Waals surface area contributed by atoms with Crippen molar-refractivity contribution in [3.63, 3.8) is 0 Å². The van der Waals surface area contributed by atoms with Crippen molar-refractivity contribution in [1.82, 2.24) is 4.57 Å². The molecule has 2 aromatic rings. The first-order valence-electron chi connectivity index (χ1n) is 6.59. The van der Waals surface area contributed by atoms with Crippen LogP contribution in [0.4, 0.5) is 0 Å². The van der Waals surface area contributed by atoms with Crippen molar-refractivity contribution in [2.45, 2.75) is 13.8 Å². The molecule has 0 aliphatic heterocycles. The lowest BCUT2D eigenvalue weighted by molar-refractivity contribution is 0.0523. The van der Waals surface area contributed by atoms with E-state index < -0.39 is 5.97 Å². The summed E-state index contributed by atoms with van der Waals surface area (Å²) in [5, 5.41) is 0.628. The quantitative estimate of drug-likeness (QED) is 0.818. The molecule has 110 valence electrons. The Labute approximate surface area is 127 Å². The lowest BCUT2D eigenvalue weighted by atomic mass is 10.1. The number of nitrogens with zero attached hydrogens (tertiary/aromatic N) is 1. The van der Waals surface area contributed by atoms with Gasteiger partial charge in [-0.05, 0) is 31.5 Å². The highest BCUT2D eigenvalue weighted by Gasteiger charge is 2.18. The number of benzene rings is 1. The van der Waals surface area contributed by atoms with E-state index in [1.807, 2.05) is 12.1 Å². The number of hydrogen-bond donors (Lipinski definition) is 0. The number of ether oxygens (including phenoxy) is 1. The van der Waals surface area contributed by atoms with Crippen LogP contribution in [0.15, 0.2) is 35.1 Å². The Morgan fingerprint density at radius 2 is 1.90 bits per heavy atom. The number of carbonyl (C=O) groups excluding carboxylic acids is 1. The van der Waals surface area contributed by atoms with E-state index in [0.717, 1.165) is 11.3 Å². The smallest absolute Gasteiger partial charge is 0.343 e. The summed E-state index contributed by atoms with van der Waals surface area (Å²) >= 11 is 5.87. The van der Waals surface area contributed by atoms with Crippen molar-refractivity contribution < 1.29 is 9.53 Å². The molecule has 2 rings (SSSR count). The fourth-order valence-electron chi connectivity index (χ4n) is 2.17. The van der Waals surface area contributed by atoms with Gasteiger partial charge >= 0.3 is 5.97 Å². The van der Waals surface area contributed by atoms with E-state index in [-0.39, 0.29) is 17.6 Å². The third-order valence-electron chi connectivity index (χ3n) is 3.36. The van der Waals surface area contributed by atoms with Gasteiger partial charge in [0.25, 0.3) is 0 Å². The van der Waals surface area contributed by atoms with Gasteiger partial charge in [0.15, 0.2) is 5.43 Å². The van der Waals surface area contributed by atoms with Gasteiger partial charge in [-0.3, -0.25) is 4.79 Å². The molecule has 0 aliphatic carbocycles. The van der Waals surface area contributed by atoms with E-state index in [4.69, 9.17) is 16.3 Å². The molecule has 0 fully saturated rings. The number of hydrogen-bond acceptors (Lipinski definition) is 3. The minimum absolute atomic E-state index is 0.0806. The van der Waals surface area contributed by atoms with Gasteiger partial charge in [-0.2, -0.15) is 0 Å². The molecule has 0 radical (unpaired) electrons. The SMILES string of the molecule is CCOC(=O)c1c(C)n(C)c(-c2ccc(Cl)cc2)cc1=O. The van der Waals surface area contributed by atoms with E-state index in [2.05, 4.69) is 0 Å². The molecular weight excluding hydrogens is 290 g/mol. The van der Waals surface area contributed by atoms with Gasteiger partial charge in [0.1, 0.15) is 5.56 Å². The van der Waals surface area contributed by atoms with E-state index in [0.29, 0.717) is 10.7 Å². The van der Waals surface area contributed by atoms with Crippen LogP contribution in [0.25, 0.3) is 11.3 Å². The van der Waals surface area contributed by atoms with Gasteiger partial charge in [0, 0.05) is 23.8 Å². The maximum Gasteiger partial charge on any atom is 0.343 e. The molecule has 1 aromatic carbocycles. The lowest BCUT2D eigenvalue weighted by Gasteiger charge is -2.15. The molecule has 21 heavy (non-hydrogen) atoms. The van der Waals surface area contributed by atoms with Gasteiger partial charge in [-0.1, -0.05) is 23.7 Å². The van der Waals surface area contributed by atoms with Crippen molar-refractivity contribution in [1.29, 1.82) is 0 Å². The first-order valence-corrected chi connectivity index (χ1v) is 6.97. The fourth-order valence-corrected chi connectivity index (χ4v) is 2.30. The molecule has 1 aromatic heterocycles. The highest BCUT2D eigenvalue weighted by atomic mass is 35.5. The third kappa shape index (κ3) is 3.00. The average molecular weight is 306 g/mol. The molecule has 0 bridgehead atoms. The molecule has 0 saturated heterocycles. The predicted molar refractivity (Wildman–Crippen MR) is 82.8 cm³/mol. The molecule has 0 unspecified atom stereocenters. The lowest BCUT2D eigenvalue weighted by Crippen LogP contribution is -2.23. The summed E-state index contributed by atoms with van der Waals surface area (Å²) in [6.45, 7) is 3.67. The zero-order valence-electron chi connectivity index (χ0n) is 12.1. The van der Waals surface area contributed by atoms with Crippen LogP contribution in [-0.2, 0) is 11.8 Å².